The Kier molecular flexibility index (Phi) is 4.93. The molecule has 1 aliphatic carbocycles. The molecular weight excluding hydrogens is 266 g/mol. The predicted molar refractivity (Wildman–Crippen MR) is 81.1 cm³/mol. The molecule has 0 bridgehead atoms. The van der Waals surface area contributed by atoms with E-state index in [0.717, 1.165) is 26.2 Å². The van der Waals surface area contributed by atoms with E-state index < -0.39 is 0 Å². The molecule has 1 N–H and O–H groups in total. The molecule has 21 heavy (non-hydrogen) atoms. The molecule has 5 heteroatoms. The van der Waals surface area contributed by atoms with Crippen molar-refractivity contribution in [2.24, 2.45) is 0 Å². The summed E-state index contributed by atoms with van der Waals surface area (Å²) in [6, 6.07) is 2.08. The van der Waals surface area contributed by atoms with Gasteiger partial charge in [-0.15, -0.1) is 0 Å². The van der Waals surface area contributed by atoms with Crippen molar-refractivity contribution < 1.29 is 9.47 Å². The molecule has 3 rings (SSSR count). The van der Waals surface area contributed by atoms with E-state index in [1.807, 2.05) is 6.20 Å². The first-order valence-corrected chi connectivity index (χ1v) is 8.19. The number of hydrogen-bond donors (Lipinski definition) is 1. The summed E-state index contributed by atoms with van der Waals surface area (Å²) >= 11 is 0. The molecule has 0 amide bonds. The van der Waals surface area contributed by atoms with Crippen molar-refractivity contribution in [1.82, 2.24) is 15.1 Å². The number of nitrogens with zero attached hydrogens (tertiary/aromatic N) is 2. The van der Waals surface area contributed by atoms with Crippen molar-refractivity contribution in [2.75, 3.05) is 20.3 Å². The minimum absolute atomic E-state index is 0.217. The summed E-state index contributed by atoms with van der Waals surface area (Å²) in [4.78, 5) is 0. The lowest BCUT2D eigenvalue weighted by atomic mass is 9.98. The summed E-state index contributed by atoms with van der Waals surface area (Å²) in [5, 5.41) is 7.83. The lowest BCUT2D eigenvalue weighted by Crippen LogP contribution is -2.28. The number of aromatic nitrogens is 2. The largest absolute Gasteiger partial charge is 0.383 e. The molecule has 1 atom stereocenters. The van der Waals surface area contributed by atoms with Crippen LogP contribution in [0.5, 0.6) is 0 Å². The van der Waals surface area contributed by atoms with Gasteiger partial charge in [0.25, 0.3) is 0 Å². The third-order valence-corrected chi connectivity index (χ3v) is 4.82. The number of nitrogens with one attached hydrogen (secondary N) is 1. The topological polar surface area (TPSA) is 48.3 Å². The van der Waals surface area contributed by atoms with Crippen LogP contribution in [-0.2, 0) is 22.6 Å². The number of methoxy groups -OCH3 is 1. The number of ether oxygens (including phenoxy) is 2. The first kappa shape index (κ1) is 15.0. The molecule has 1 unspecified atom stereocenters. The maximum atomic E-state index is 6.38. The van der Waals surface area contributed by atoms with Gasteiger partial charge in [-0.2, -0.15) is 5.10 Å². The third-order valence-electron chi connectivity index (χ3n) is 4.82. The Balaban J connectivity index is 1.50. The van der Waals surface area contributed by atoms with Gasteiger partial charge in [0, 0.05) is 26.4 Å². The second kappa shape index (κ2) is 6.90. The van der Waals surface area contributed by atoms with Gasteiger partial charge in [-0.1, -0.05) is 12.8 Å². The Morgan fingerprint density at radius 2 is 2.29 bits per heavy atom. The second-order valence-corrected chi connectivity index (χ2v) is 6.34. The van der Waals surface area contributed by atoms with Crippen LogP contribution in [0.4, 0.5) is 0 Å². The molecule has 1 saturated carbocycles. The van der Waals surface area contributed by atoms with Gasteiger partial charge in [0.1, 0.15) is 0 Å². The average Bonchev–Trinajstić information content (AvgIpc) is 3.20. The molecule has 1 aliphatic heterocycles. The minimum atomic E-state index is 0.217. The first-order valence-electron chi connectivity index (χ1n) is 8.19. The van der Waals surface area contributed by atoms with Gasteiger partial charge in [0.2, 0.25) is 0 Å². The van der Waals surface area contributed by atoms with E-state index in [1.165, 1.54) is 44.2 Å². The Labute approximate surface area is 127 Å². The highest BCUT2D eigenvalue weighted by Gasteiger charge is 2.42. The standard InChI is InChI=1S/C16H27N3O2/c1-20-11-10-17-12-14-5-9-18-19(14)13-15-4-8-16(21-15)6-2-3-7-16/h5,9,15,17H,2-4,6-8,10-13H2,1H3. The van der Waals surface area contributed by atoms with Crippen LogP contribution in [0.1, 0.15) is 44.2 Å². The van der Waals surface area contributed by atoms with Crippen LogP contribution in [0.15, 0.2) is 12.3 Å². The van der Waals surface area contributed by atoms with Crippen molar-refractivity contribution in [2.45, 2.75) is 63.3 Å². The smallest absolute Gasteiger partial charge is 0.0779 e. The molecule has 1 saturated heterocycles. The maximum Gasteiger partial charge on any atom is 0.0779 e. The van der Waals surface area contributed by atoms with E-state index in [1.54, 1.807) is 7.11 Å². The van der Waals surface area contributed by atoms with Crippen molar-refractivity contribution >= 4 is 0 Å². The van der Waals surface area contributed by atoms with E-state index in [9.17, 15) is 0 Å². The Morgan fingerprint density at radius 1 is 1.43 bits per heavy atom. The van der Waals surface area contributed by atoms with E-state index >= 15 is 0 Å². The van der Waals surface area contributed by atoms with Crippen LogP contribution in [0, 0.1) is 0 Å². The van der Waals surface area contributed by atoms with E-state index in [2.05, 4.69) is 21.2 Å². The lowest BCUT2D eigenvalue weighted by Gasteiger charge is -2.24. The Hall–Kier alpha value is -0.910. The number of rotatable bonds is 7. The Morgan fingerprint density at radius 3 is 3.10 bits per heavy atom. The van der Waals surface area contributed by atoms with Crippen LogP contribution < -0.4 is 5.32 Å². The Bertz CT molecular complexity index is 440. The zero-order valence-electron chi connectivity index (χ0n) is 13.0. The monoisotopic (exact) mass is 293 g/mol. The van der Waals surface area contributed by atoms with Crippen molar-refractivity contribution in [3.05, 3.63) is 18.0 Å². The predicted octanol–water partition coefficient (Wildman–Crippen LogP) is 2.11. The van der Waals surface area contributed by atoms with Gasteiger partial charge < -0.3 is 14.8 Å². The molecule has 0 aromatic carbocycles. The second-order valence-electron chi connectivity index (χ2n) is 6.34. The van der Waals surface area contributed by atoms with Gasteiger partial charge >= 0.3 is 0 Å². The molecule has 2 heterocycles. The fraction of sp³-hybridized carbons (Fsp3) is 0.812. The van der Waals surface area contributed by atoms with E-state index in [0.29, 0.717) is 6.10 Å². The zero-order valence-corrected chi connectivity index (χ0v) is 13.0. The summed E-state index contributed by atoms with van der Waals surface area (Å²) < 4.78 is 13.5. The third kappa shape index (κ3) is 3.65. The first-order chi connectivity index (χ1) is 10.3. The highest BCUT2D eigenvalue weighted by Crippen LogP contribution is 2.43. The fourth-order valence-corrected chi connectivity index (χ4v) is 3.67. The van der Waals surface area contributed by atoms with Crippen molar-refractivity contribution in [3.8, 4) is 0 Å². The molecule has 118 valence electrons. The minimum Gasteiger partial charge on any atom is -0.383 e. The molecular formula is C16H27N3O2. The van der Waals surface area contributed by atoms with Crippen LogP contribution in [0.2, 0.25) is 0 Å². The molecule has 1 aromatic heterocycles. The molecule has 5 nitrogen and oxygen atoms in total. The molecule has 2 aliphatic rings. The summed E-state index contributed by atoms with van der Waals surface area (Å²) in [5.41, 5.74) is 1.44. The molecule has 2 fully saturated rings. The van der Waals surface area contributed by atoms with Crippen LogP contribution in [0.3, 0.4) is 0 Å². The van der Waals surface area contributed by atoms with E-state index in [4.69, 9.17) is 9.47 Å². The quantitative estimate of drug-likeness (QED) is 0.782. The van der Waals surface area contributed by atoms with Gasteiger partial charge in [0.05, 0.1) is 30.6 Å². The zero-order chi connectivity index (χ0) is 14.5. The van der Waals surface area contributed by atoms with Gasteiger partial charge in [-0.05, 0) is 31.7 Å². The summed E-state index contributed by atoms with van der Waals surface area (Å²) in [7, 11) is 1.72. The molecule has 1 aromatic rings. The van der Waals surface area contributed by atoms with Crippen molar-refractivity contribution in [1.29, 1.82) is 0 Å². The average molecular weight is 293 g/mol. The summed E-state index contributed by atoms with van der Waals surface area (Å²) in [6.45, 7) is 3.32. The van der Waals surface area contributed by atoms with Crippen LogP contribution in [0.25, 0.3) is 0 Å². The van der Waals surface area contributed by atoms with Gasteiger partial charge in [0.15, 0.2) is 0 Å². The normalized spacial score (nSPS) is 24.1. The molecule has 1 spiro atoms. The van der Waals surface area contributed by atoms with Crippen LogP contribution >= 0.6 is 0 Å². The highest BCUT2D eigenvalue weighted by atomic mass is 16.5. The number of hydrogen-bond acceptors (Lipinski definition) is 4. The fourth-order valence-electron chi connectivity index (χ4n) is 3.67. The lowest BCUT2D eigenvalue weighted by molar-refractivity contribution is -0.0431. The molecule has 0 radical (unpaired) electrons. The van der Waals surface area contributed by atoms with E-state index in [-0.39, 0.29) is 5.60 Å². The van der Waals surface area contributed by atoms with Crippen LogP contribution in [-0.4, -0.2) is 41.7 Å². The summed E-state index contributed by atoms with van der Waals surface area (Å²) in [5.74, 6) is 0. The van der Waals surface area contributed by atoms with Gasteiger partial charge in [-0.25, -0.2) is 0 Å². The SMILES string of the molecule is COCCNCc1ccnn1CC1CCC2(CCCC2)O1. The highest BCUT2D eigenvalue weighted by molar-refractivity contribution is 5.01. The maximum absolute atomic E-state index is 6.38. The van der Waals surface area contributed by atoms with Crippen molar-refractivity contribution in [3.63, 3.8) is 0 Å². The van der Waals surface area contributed by atoms with Gasteiger partial charge in [-0.3, -0.25) is 4.68 Å². The summed E-state index contributed by atoms with van der Waals surface area (Å²) in [6.07, 6.45) is 9.82.